The minimum Gasteiger partial charge on any atom is -0.504 e. The molecular formula is C32H44INO8. The topological polar surface area (TPSA) is 145 Å². The highest BCUT2D eigenvalue weighted by atomic mass is 127. The van der Waals surface area contributed by atoms with E-state index in [9.17, 15) is 29.7 Å². The number of methoxy groups -OCH3 is 1. The van der Waals surface area contributed by atoms with Crippen LogP contribution in [0.15, 0.2) is 28.9 Å². The summed E-state index contributed by atoms with van der Waals surface area (Å²) in [6.45, 7) is 5.96. The van der Waals surface area contributed by atoms with Gasteiger partial charge in [-0.05, 0) is 90.3 Å². The molecule has 1 fully saturated rings. The molecule has 42 heavy (non-hydrogen) atoms. The Bertz CT molecular complexity index is 1220. The van der Waals surface area contributed by atoms with Crippen molar-refractivity contribution >= 4 is 46.5 Å². The van der Waals surface area contributed by atoms with E-state index in [0.717, 1.165) is 23.1 Å². The first-order valence-electron chi connectivity index (χ1n) is 14.8. The van der Waals surface area contributed by atoms with Gasteiger partial charge in [-0.15, -0.1) is 0 Å². The standard InChI is InChI=1S/C32H44INO8/c1-5-19(13-20-14-24(33)30(39)26(15-20)42-4)10-11-25(36)28-21(18(2)3)16-22-29(23(28)17-35)32(41)34(31(22)40)12-8-6-7-9-27(37)38/h13-15,18,22-23,25,29,35-36,39H,5-12,16-17H2,1-4H3,(H,37,38)/b19-13+/t22-,23+,25-,29-/m1/s1. The SMILES string of the molecule is CC/C(=C\c1cc(I)c(O)c(OC)c1)CC[C@@H](O)C1=C(C(C)C)C[C@H]2C(=O)N(CCCCCC(=O)O)C(=O)[C@H]2[C@H]1CO. The Morgan fingerprint density at radius 1 is 1.17 bits per heavy atom. The number of imide groups is 1. The highest BCUT2D eigenvalue weighted by Gasteiger charge is 2.54. The van der Waals surface area contributed by atoms with E-state index in [1.807, 2.05) is 32.9 Å². The smallest absolute Gasteiger partial charge is 0.303 e. The van der Waals surface area contributed by atoms with E-state index in [1.165, 1.54) is 12.0 Å². The molecule has 2 aliphatic rings. The van der Waals surface area contributed by atoms with Crippen molar-refractivity contribution < 1.29 is 39.5 Å². The van der Waals surface area contributed by atoms with Gasteiger partial charge in [0, 0.05) is 18.9 Å². The van der Waals surface area contributed by atoms with Gasteiger partial charge >= 0.3 is 5.97 Å². The van der Waals surface area contributed by atoms with Crippen molar-refractivity contribution in [3.63, 3.8) is 0 Å². The second-order valence-electron chi connectivity index (χ2n) is 11.6. The zero-order valence-corrected chi connectivity index (χ0v) is 27.1. The Labute approximate surface area is 261 Å². The van der Waals surface area contributed by atoms with E-state index < -0.39 is 29.8 Å². The van der Waals surface area contributed by atoms with Crippen LogP contribution < -0.4 is 4.74 Å². The normalized spacial score (nSPS) is 21.8. The third-order valence-electron chi connectivity index (χ3n) is 8.57. The monoisotopic (exact) mass is 697 g/mol. The van der Waals surface area contributed by atoms with Crippen LogP contribution in [0.25, 0.3) is 6.08 Å². The minimum atomic E-state index is -0.877. The number of amides is 2. The molecule has 1 aliphatic carbocycles. The number of hydrogen-bond acceptors (Lipinski definition) is 7. The Hall–Kier alpha value is -2.44. The number of aliphatic hydroxyl groups is 2. The van der Waals surface area contributed by atoms with Crippen molar-refractivity contribution in [2.24, 2.45) is 23.7 Å². The van der Waals surface area contributed by atoms with Gasteiger partial charge in [0.25, 0.3) is 0 Å². The van der Waals surface area contributed by atoms with Crippen LogP contribution in [0, 0.1) is 27.2 Å². The lowest BCUT2D eigenvalue weighted by Gasteiger charge is -2.38. The molecule has 1 aliphatic heterocycles. The summed E-state index contributed by atoms with van der Waals surface area (Å²) >= 11 is 2.06. The van der Waals surface area contributed by atoms with E-state index >= 15 is 0 Å². The van der Waals surface area contributed by atoms with Gasteiger partial charge in [-0.25, -0.2) is 0 Å². The number of nitrogens with zero attached hydrogens (tertiary/aromatic N) is 1. The number of halogens is 1. The van der Waals surface area contributed by atoms with Crippen LogP contribution in [0.3, 0.4) is 0 Å². The fourth-order valence-electron chi connectivity index (χ4n) is 6.35. The third-order valence-corrected chi connectivity index (χ3v) is 9.39. The maximum absolute atomic E-state index is 13.5. The summed E-state index contributed by atoms with van der Waals surface area (Å²) in [6, 6.07) is 3.64. The number of fused-ring (bicyclic) bond motifs is 1. The molecule has 0 unspecified atom stereocenters. The van der Waals surface area contributed by atoms with Crippen LogP contribution in [0.1, 0.15) is 77.7 Å². The molecule has 1 heterocycles. The number of allylic oxidation sites excluding steroid dienone is 2. The van der Waals surface area contributed by atoms with Crippen molar-refractivity contribution in [1.29, 1.82) is 0 Å². The van der Waals surface area contributed by atoms with Gasteiger partial charge in [0.2, 0.25) is 11.8 Å². The Balaban J connectivity index is 1.79. The number of rotatable bonds is 15. The van der Waals surface area contributed by atoms with Crippen LogP contribution in [0.2, 0.25) is 0 Å². The number of carboxylic acid groups (broad SMARTS) is 1. The number of aromatic hydroxyl groups is 1. The number of phenols is 1. The van der Waals surface area contributed by atoms with Crippen LogP contribution in [0.5, 0.6) is 11.5 Å². The molecule has 4 atom stereocenters. The fourth-order valence-corrected chi connectivity index (χ4v) is 6.98. The molecule has 9 nitrogen and oxygen atoms in total. The second-order valence-corrected chi connectivity index (χ2v) is 12.7. The number of likely N-dealkylation sites (tertiary alicyclic amines) is 1. The predicted molar refractivity (Wildman–Crippen MR) is 168 cm³/mol. The molecule has 1 aromatic rings. The number of phenolic OH excluding ortho intramolecular Hbond substituents is 1. The molecular weight excluding hydrogens is 653 g/mol. The van der Waals surface area contributed by atoms with Gasteiger partial charge in [0.1, 0.15) is 0 Å². The van der Waals surface area contributed by atoms with Gasteiger partial charge in [-0.2, -0.15) is 0 Å². The number of aliphatic carboxylic acids is 1. The zero-order valence-electron chi connectivity index (χ0n) is 24.9. The number of benzene rings is 1. The molecule has 1 saturated heterocycles. The van der Waals surface area contributed by atoms with Gasteiger partial charge in [-0.1, -0.05) is 44.4 Å². The van der Waals surface area contributed by atoms with Gasteiger partial charge < -0.3 is 25.2 Å². The first kappa shape index (κ1) is 34.1. The summed E-state index contributed by atoms with van der Waals surface area (Å²) in [7, 11) is 1.51. The summed E-state index contributed by atoms with van der Waals surface area (Å²) in [4.78, 5) is 38.9. The molecule has 4 N–H and O–H groups in total. The molecule has 1 aromatic carbocycles. The maximum Gasteiger partial charge on any atom is 0.303 e. The van der Waals surface area contributed by atoms with Crippen LogP contribution in [0.4, 0.5) is 0 Å². The van der Waals surface area contributed by atoms with Crippen LogP contribution >= 0.6 is 22.6 Å². The molecule has 3 rings (SSSR count). The molecule has 0 bridgehead atoms. The van der Waals surface area contributed by atoms with Crippen LogP contribution in [-0.2, 0) is 14.4 Å². The zero-order chi connectivity index (χ0) is 31.1. The van der Waals surface area contributed by atoms with E-state index in [4.69, 9.17) is 9.84 Å². The first-order chi connectivity index (χ1) is 19.9. The molecule has 0 radical (unpaired) electrons. The van der Waals surface area contributed by atoms with Crippen LogP contribution in [-0.4, -0.2) is 69.5 Å². The number of ether oxygens (including phenoxy) is 1. The van der Waals surface area contributed by atoms with Gasteiger partial charge in [0.05, 0.1) is 35.2 Å². The molecule has 2 amide bonds. The number of carbonyl (C=O) groups is 3. The van der Waals surface area contributed by atoms with E-state index in [1.54, 1.807) is 6.07 Å². The molecule has 0 spiro atoms. The average molecular weight is 698 g/mol. The Kier molecular flexibility index (Phi) is 12.4. The van der Waals surface area contributed by atoms with Gasteiger partial charge in [-0.3, -0.25) is 19.3 Å². The highest BCUT2D eigenvalue weighted by molar-refractivity contribution is 14.1. The number of aliphatic hydroxyl groups excluding tert-OH is 2. The fraction of sp³-hybridized carbons (Fsp3) is 0.594. The summed E-state index contributed by atoms with van der Waals surface area (Å²) in [5.74, 6) is -2.78. The van der Waals surface area contributed by atoms with Crippen molar-refractivity contribution in [3.8, 4) is 11.5 Å². The lowest BCUT2D eigenvalue weighted by Crippen LogP contribution is -2.40. The lowest BCUT2D eigenvalue weighted by atomic mass is 9.66. The van der Waals surface area contributed by atoms with Crippen molar-refractivity contribution in [2.75, 3.05) is 20.3 Å². The van der Waals surface area contributed by atoms with Crippen molar-refractivity contribution in [2.45, 2.75) is 78.2 Å². The number of hydrogen-bond donors (Lipinski definition) is 4. The molecule has 232 valence electrons. The predicted octanol–water partition coefficient (Wildman–Crippen LogP) is 5.15. The largest absolute Gasteiger partial charge is 0.504 e. The number of carbonyl (C=O) groups excluding carboxylic acids is 2. The van der Waals surface area contributed by atoms with Crippen molar-refractivity contribution in [1.82, 2.24) is 4.90 Å². The summed E-state index contributed by atoms with van der Waals surface area (Å²) in [5.41, 5.74) is 3.61. The average Bonchev–Trinajstić information content (AvgIpc) is 3.19. The van der Waals surface area contributed by atoms with E-state index in [2.05, 4.69) is 22.6 Å². The number of carboxylic acids is 1. The van der Waals surface area contributed by atoms with E-state index in [-0.39, 0.29) is 43.1 Å². The first-order valence-corrected chi connectivity index (χ1v) is 15.9. The molecule has 10 heteroatoms. The quantitative estimate of drug-likeness (QED) is 0.0853. The number of unbranched alkanes of at least 4 members (excludes halogenated alkanes) is 2. The summed E-state index contributed by atoms with van der Waals surface area (Å²) < 4.78 is 5.96. The Morgan fingerprint density at radius 2 is 1.88 bits per heavy atom. The summed E-state index contributed by atoms with van der Waals surface area (Å²) in [5, 5.41) is 41.1. The third kappa shape index (κ3) is 7.74. The molecule has 0 aromatic heterocycles. The Morgan fingerprint density at radius 3 is 2.48 bits per heavy atom. The van der Waals surface area contributed by atoms with E-state index in [0.29, 0.717) is 53.4 Å². The second kappa shape index (κ2) is 15.3. The minimum absolute atomic E-state index is 0.0327. The maximum atomic E-state index is 13.5. The highest BCUT2D eigenvalue weighted by Crippen LogP contribution is 2.48. The lowest BCUT2D eigenvalue weighted by molar-refractivity contribution is -0.141. The molecule has 0 saturated carbocycles. The summed E-state index contributed by atoms with van der Waals surface area (Å²) in [6.07, 6.45) is 4.96. The van der Waals surface area contributed by atoms with Crippen molar-refractivity contribution in [3.05, 3.63) is 38.0 Å². The van der Waals surface area contributed by atoms with Gasteiger partial charge in [0.15, 0.2) is 11.5 Å².